The van der Waals surface area contributed by atoms with Crippen LogP contribution < -0.4 is 5.30 Å². The summed E-state index contributed by atoms with van der Waals surface area (Å²) < 4.78 is 11.1. The predicted octanol–water partition coefficient (Wildman–Crippen LogP) is 1.94. The topological polar surface area (TPSA) is 68.3 Å². The molecule has 4 nitrogen and oxygen atoms in total. The van der Waals surface area contributed by atoms with E-state index in [1.54, 1.807) is 0 Å². The second kappa shape index (κ2) is 5.11. The van der Waals surface area contributed by atoms with E-state index >= 15 is 0 Å². The van der Waals surface area contributed by atoms with E-state index in [4.69, 9.17) is 0 Å². The van der Waals surface area contributed by atoms with Crippen LogP contribution in [0.2, 0.25) is 0 Å². The number of Topliss-reactive ketones (excluding diaryl/α,β-unsaturated/α-hetero) is 3. The summed E-state index contributed by atoms with van der Waals surface area (Å²) >= 11 is 0. The SMILES string of the molecule is CC(=O)c1cc(C(C)=O)c([PH+]=O)c(C(C)=O)c1. The molecule has 17 heavy (non-hydrogen) atoms. The molecule has 0 radical (unpaired) electrons. The normalized spacial score (nSPS) is 10.3. The molecular formula is C12H12O4P+. The summed E-state index contributed by atoms with van der Waals surface area (Å²) in [5, 5.41) is 0.204. The molecule has 0 heterocycles. The summed E-state index contributed by atoms with van der Waals surface area (Å²) in [5.41, 5.74) is 0.634. The molecule has 0 aliphatic heterocycles. The first kappa shape index (κ1) is 13.4. The van der Waals surface area contributed by atoms with Gasteiger partial charge in [0, 0.05) is 5.56 Å². The first-order valence-corrected chi connectivity index (χ1v) is 5.88. The van der Waals surface area contributed by atoms with E-state index in [0.29, 0.717) is 0 Å². The van der Waals surface area contributed by atoms with Crippen molar-refractivity contribution < 1.29 is 18.9 Å². The van der Waals surface area contributed by atoms with Gasteiger partial charge in [0.2, 0.25) is 5.30 Å². The highest BCUT2D eigenvalue weighted by atomic mass is 31.1. The highest BCUT2D eigenvalue weighted by Gasteiger charge is 2.23. The number of benzene rings is 1. The Balaban J connectivity index is 3.68. The zero-order valence-corrected chi connectivity index (χ0v) is 10.8. The molecule has 1 aromatic carbocycles. The van der Waals surface area contributed by atoms with Crippen LogP contribution in [0.3, 0.4) is 0 Å². The Morgan fingerprint density at radius 2 is 1.29 bits per heavy atom. The summed E-state index contributed by atoms with van der Waals surface area (Å²) in [6.07, 6.45) is 0. The fourth-order valence-electron chi connectivity index (χ4n) is 1.51. The minimum atomic E-state index is -0.900. The van der Waals surface area contributed by atoms with Gasteiger partial charge in [-0.25, -0.2) is 0 Å². The van der Waals surface area contributed by atoms with E-state index < -0.39 is 8.46 Å². The van der Waals surface area contributed by atoms with Crippen LogP contribution in [0.15, 0.2) is 12.1 Å². The third-order valence-corrected chi connectivity index (χ3v) is 3.15. The van der Waals surface area contributed by atoms with Crippen LogP contribution in [-0.2, 0) is 4.57 Å². The highest BCUT2D eigenvalue weighted by molar-refractivity contribution is 7.34. The average molecular weight is 251 g/mol. The summed E-state index contributed by atoms with van der Waals surface area (Å²) in [4.78, 5) is 34.1. The molecule has 0 saturated carbocycles. The maximum absolute atomic E-state index is 11.4. The Hall–Kier alpha value is -1.67. The van der Waals surface area contributed by atoms with Crippen LogP contribution in [0.25, 0.3) is 0 Å². The third-order valence-electron chi connectivity index (χ3n) is 2.41. The van der Waals surface area contributed by atoms with E-state index in [9.17, 15) is 18.9 Å². The second-order valence-corrected chi connectivity index (χ2v) is 4.42. The molecule has 0 saturated heterocycles. The standard InChI is InChI=1S/C12H11O4P/c1-6(13)9-4-10(7(2)14)12(17-16)11(5-9)8(3)15/h4-5H,1-3H3/p+1. The zero-order chi connectivity index (χ0) is 13.2. The molecule has 0 bridgehead atoms. The van der Waals surface area contributed by atoms with Crippen LogP contribution in [0.5, 0.6) is 0 Å². The van der Waals surface area contributed by atoms with Gasteiger partial charge in [0.15, 0.2) is 17.3 Å². The van der Waals surface area contributed by atoms with Crippen molar-refractivity contribution in [1.29, 1.82) is 0 Å². The largest absolute Gasteiger partial charge is 0.364 e. The zero-order valence-electron chi connectivity index (χ0n) is 9.79. The van der Waals surface area contributed by atoms with Gasteiger partial charge in [0.25, 0.3) is 0 Å². The lowest BCUT2D eigenvalue weighted by atomic mass is 9.99. The quantitative estimate of drug-likeness (QED) is 0.605. The van der Waals surface area contributed by atoms with Gasteiger partial charge in [0.1, 0.15) is 0 Å². The van der Waals surface area contributed by atoms with E-state index in [0.717, 1.165) is 0 Å². The van der Waals surface area contributed by atoms with Gasteiger partial charge in [-0.3, -0.25) is 14.4 Å². The molecule has 1 aromatic rings. The van der Waals surface area contributed by atoms with Gasteiger partial charge in [-0.2, -0.15) is 0 Å². The van der Waals surface area contributed by atoms with Crippen LogP contribution in [0.1, 0.15) is 51.8 Å². The van der Waals surface area contributed by atoms with E-state index in [1.807, 2.05) is 0 Å². The lowest BCUT2D eigenvalue weighted by Crippen LogP contribution is -2.17. The summed E-state index contributed by atoms with van der Waals surface area (Å²) in [6.45, 7) is 3.97. The highest BCUT2D eigenvalue weighted by Crippen LogP contribution is 2.15. The van der Waals surface area contributed by atoms with E-state index in [1.165, 1.54) is 32.9 Å². The Bertz CT molecular complexity index is 496. The van der Waals surface area contributed by atoms with Crippen molar-refractivity contribution in [3.8, 4) is 0 Å². The van der Waals surface area contributed by atoms with Crippen LogP contribution >= 0.6 is 8.46 Å². The second-order valence-electron chi connectivity index (χ2n) is 3.72. The molecule has 0 aromatic heterocycles. The molecular weight excluding hydrogens is 239 g/mol. The van der Waals surface area contributed by atoms with Crippen LogP contribution in [0.4, 0.5) is 0 Å². The first-order valence-electron chi connectivity index (χ1n) is 4.97. The maximum atomic E-state index is 11.4. The van der Waals surface area contributed by atoms with Gasteiger partial charge in [-0.05, 0) is 32.9 Å². The van der Waals surface area contributed by atoms with Crippen molar-refractivity contribution >= 4 is 31.1 Å². The fraction of sp³-hybridized carbons (Fsp3) is 0.250. The van der Waals surface area contributed by atoms with Crippen LogP contribution in [-0.4, -0.2) is 17.3 Å². The van der Waals surface area contributed by atoms with E-state index in [-0.39, 0.29) is 39.3 Å². The third kappa shape index (κ3) is 2.71. The molecule has 0 aliphatic rings. The lowest BCUT2D eigenvalue weighted by molar-refractivity contribution is 0.101. The number of rotatable bonds is 4. The maximum Gasteiger partial charge on any atom is 0.364 e. The van der Waals surface area contributed by atoms with Gasteiger partial charge in [-0.1, -0.05) is 4.57 Å². The summed E-state index contributed by atoms with van der Waals surface area (Å²) in [5.74, 6) is -0.862. The molecule has 0 N–H and O–H groups in total. The van der Waals surface area contributed by atoms with Crippen LogP contribution in [0, 0.1) is 0 Å². The summed E-state index contributed by atoms with van der Waals surface area (Å²) in [7, 11) is -0.900. The monoisotopic (exact) mass is 251 g/mol. The molecule has 1 rings (SSSR count). The molecule has 0 amide bonds. The average Bonchev–Trinajstić information content (AvgIpc) is 2.26. The van der Waals surface area contributed by atoms with Gasteiger partial charge >= 0.3 is 8.46 Å². The first-order chi connectivity index (χ1) is 7.88. The van der Waals surface area contributed by atoms with Crippen molar-refractivity contribution in [2.24, 2.45) is 0 Å². The van der Waals surface area contributed by atoms with Crippen molar-refractivity contribution in [3.63, 3.8) is 0 Å². The van der Waals surface area contributed by atoms with E-state index in [2.05, 4.69) is 0 Å². The Morgan fingerprint density at radius 1 is 0.882 bits per heavy atom. The minimum absolute atomic E-state index is 0.177. The Labute approximate surface area is 100 Å². The van der Waals surface area contributed by atoms with Crippen molar-refractivity contribution in [2.45, 2.75) is 20.8 Å². The smallest absolute Gasteiger partial charge is 0.295 e. The molecule has 88 valence electrons. The molecule has 1 unspecified atom stereocenters. The number of hydrogen-bond acceptors (Lipinski definition) is 4. The van der Waals surface area contributed by atoms with Gasteiger partial charge < -0.3 is 0 Å². The number of hydrogen-bond donors (Lipinski definition) is 0. The minimum Gasteiger partial charge on any atom is -0.295 e. The number of carbonyl (C=O) groups is 3. The predicted molar refractivity (Wildman–Crippen MR) is 65.1 cm³/mol. The molecule has 0 aliphatic carbocycles. The van der Waals surface area contributed by atoms with Gasteiger partial charge in [0.05, 0.1) is 11.1 Å². The summed E-state index contributed by atoms with van der Waals surface area (Å²) in [6, 6.07) is 2.77. The Morgan fingerprint density at radius 3 is 1.53 bits per heavy atom. The van der Waals surface area contributed by atoms with Crippen molar-refractivity contribution in [3.05, 3.63) is 28.8 Å². The fourth-order valence-corrected chi connectivity index (χ4v) is 2.23. The van der Waals surface area contributed by atoms with Crippen molar-refractivity contribution in [2.75, 3.05) is 0 Å². The number of carbonyl (C=O) groups excluding carboxylic acids is 3. The van der Waals surface area contributed by atoms with Crippen molar-refractivity contribution in [1.82, 2.24) is 0 Å². The van der Waals surface area contributed by atoms with Gasteiger partial charge in [-0.15, -0.1) is 0 Å². The molecule has 0 fully saturated rings. The molecule has 0 spiro atoms. The molecule has 5 heteroatoms. The molecule has 1 atom stereocenters. The Kier molecular flexibility index (Phi) is 4.02. The number of ketones is 3. The lowest BCUT2D eigenvalue weighted by Gasteiger charge is -2.04.